The molecular formula is C23H27N5O. The number of benzene rings is 1. The minimum Gasteiger partial charge on any atom is -0.365 e. The lowest BCUT2D eigenvalue weighted by molar-refractivity contribution is -0.130. The van der Waals surface area contributed by atoms with Gasteiger partial charge in [-0.25, -0.2) is 4.98 Å². The first-order valence-electron chi connectivity index (χ1n) is 10.2. The first-order chi connectivity index (χ1) is 14.2. The highest BCUT2D eigenvalue weighted by Gasteiger charge is 2.28. The van der Waals surface area contributed by atoms with Crippen LogP contribution in [0.15, 0.2) is 67.1 Å². The first kappa shape index (κ1) is 19.2. The third-order valence-corrected chi connectivity index (χ3v) is 5.51. The Bertz CT molecular complexity index is 925. The normalized spacial score (nSPS) is 16.6. The Morgan fingerprint density at radius 1 is 1.10 bits per heavy atom. The van der Waals surface area contributed by atoms with Gasteiger partial charge in [-0.15, -0.1) is 0 Å². The molecule has 4 rings (SSSR count). The van der Waals surface area contributed by atoms with Gasteiger partial charge in [-0.3, -0.25) is 9.78 Å². The average molecular weight is 390 g/mol. The number of carbonyl (C=O) groups excluding carboxylic acids is 1. The molecule has 1 amide bonds. The van der Waals surface area contributed by atoms with Crippen LogP contribution < -0.4 is 4.90 Å². The molecule has 0 radical (unpaired) electrons. The van der Waals surface area contributed by atoms with Gasteiger partial charge in [0.1, 0.15) is 5.82 Å². The van der Waals surface area contributed by atoms with Crippen LogP contribution in [-0.2, 0) is 11.3 Å². The van der Waals surface area contributed by atoms with Crippen molar-refractivity contribution in [3.8, 4) is 0 Å². The van der Waals surface area contributed by atoms with Gasteiger partial charge in [0.2, 0.25) is 5.91 Å². The van der Waals surface area contributed by atoms with E-state index >= 15 is 0 Å². The molecule has 0 saturated carbocycles. The predicted octanol–water partition coefficient (Wildman–Crippen LogP) is 3.17. The van der Waals surface area contributed by atoms with E-state index in [1.165, 1.54) is 0 Å². The predicted molar refractivity (Wildman–Crippen MR) is 114 cm³/mol. The highest BCUT2D eigenvalue weighted by Crippen LogP contribution is 2.26. The van der Waals surface area contributed by atoms with Gasteiger partial charge < -0.3 is 14.4 Å². The number of carbonyl (C=O) groups is 1. The maximum absolute atomic E-state index is 12.9. The number of rotatable bonds is 6. The van der Waals surface area contributed by atoms with E-state index < -0.39 is 0 Å². The third-order valence-electron chi connectivity index (χ3n) is 5.51. The molecule has 1 saturated heterocycles. The molecule has 0 N–H and O–H groups in total. The maximum atomic E-state index is 12.9. The van der Waals surface area contributed by atoms with Crippen molar-refractivity contribution in [2.75, 3.05) is 31.6 Å². The highest BCUT2D eigenvalue weighted by atomic mass is 16.2. The van der Waals surface area contributed by atoms with Crippen molar-refractivity contribution in [3.63, 3.8) is 0 Å². The lowest BCUT2D eigenvalue weighted by atomic mass is 9.97. The number of para-hydroxylation sites is 1. The molecule has 1 aliphatic rings. The molecule has 1 aliphatic heterocycles. The quantitative estimate of drug-likeness (QED) is 0.650. The second-order valence-electron chi connectivity index (χ2n) is 7.60. The van der Waals surface area contributed by atoms with Crippen LogP contribution in [0.25, 0.3) is 0 Å². The van der Waals surface area contributed by atoms with Crippen molar-refractivity contribution in [3.05, 3.63) is 78.6 Å². The fourth-order valence-electron chi connectivity index (χ4n) is 3.97. The van der Waals surface area contributed by atoms with Gasteiger partial charge >= 0.3 is 0 Å². The van der Waals surface area contributed by atoms with Gasteiger partial charge in [0.05, 0.1) is 18.8 Å². The van der Waals surface area contributed by atoms with E-state index in [9.17, 15) is 4.79 Å². The Hall–Kier alpha value is -3.15. The number of anilines is 1. The number of imidazole rings is 1. The summed E-state index contributed by atoms with van der Waals surface area (Å²) in [6.45, 7) is 2.64. The van der Waals surface area contributed by atoms with Crippen LogP contribution in [0, 0.1) is 0 Å². The Labute approximate surface area is 171 Å². The van der Waals surface area contributed by atoms with Gasteiger partial charge in [-0.1, -0.05) is 24.3 Å². The molecule has 2 aromatic heterocycles. The van der Waals surface area contributed by atoms with Gasteiger partial charge in [0.25, 0.3) is 0 Å². The van der Waals surface area contributed by atoms with Gasteiger partial charge in [0, 0.05) is 50.3 Å². The highest BCUT2D eigenvalue weighted by molar-refractivity contribution is 5.81. The van der Waals surface area contributed by atoms with E-state index in [0.29, 0.717) is 13.1 Å². The number of pyridine rings is 1. The summed E-state index contributed by atoms with van der Waals surface area (Å²) in [5, 5.41) is 0. The van der Waals surface area contributed by atoms with Crippen LogP contribution in [-0.4, -0.2) is 52.0 Å². The van der Waals surface area contributed by atoms with Crippen molar-refractivity contribution < 1.29 is 4.79 Å². The zero-order valence-electron chi connectivity index (χ0n) is 16.8. The fraction of sp³-hybridized carbons (Fsp3) is 0.348. The second kappa shape index (κ2) is 8.90. The monoisotopic (exact) mass is 389 g/mol. The number of amides is 1. The Morgan fingerprint density at radius 2 is 1.93 bits per heavy atom. The van der Waals surface area contributed by atoms with Crippen LogP contribution in [0.4, 0.5) is 5.69 Å². The fourth-order valence-corrected chi connectivity index (χ4v) is 3.97. The summed E-state index contributed by atoms with van der Waals surface area (Å²) in [5.41, 5.74) is 2.07. The van der Waals surface area contributed by atoms with Crippen LogP contribution >= 0.6 is 0 Å². The minimum absolute atomic E-state index is 0.170. The zero-order valence-corrected chi connectivity index (χ0v) is 16.8. The Balaban J connectivity index is 1.41. The van der Waals surface area contributed by atoms with E-state index in [0.717, 1.165) is 43.1 Å². The number of likely N-dealkylation sites (tertiary alicyclic amines) is 1. The van der Waals surface area contributed by atoms with Crippen LogP contribution in [0.1, 0.15) is 30.3 Å². The summed E-state index contributed by atoms with van der Waals surface area (Å²) in [5.74, 6) is 1.47. The third kappa shape index (κ3) is 4.65. The number of likely N-dealkylation sites (N-methyl/N-ethyl adjacent to an activating group) is 1. The van der Waals surface area contributed by atoms with Crippen molar-refractivity contribution in [1.82, 2.24) is 19.4 Å². The van der Waals surface area contributed by atoms with Crippen LogP contribution in [0.3, 0.4) is 0 Å². The van der Waals surface area contributed by atoms with E-state index in [-0.39, 0.29) is 11.8 Å². The molecule has 0 aliphatic carbocycles. The van der Waals surface area contributed by atoms with Crippen LogP contribution in [0.5, 0.6) is 0 Å². The number of hydrogen-bond donors (Lipinski definition) is 0. The number of nitrogens with zero attached hydrogens (tertiary/aromatic N) is 5. The van der Waals surface area contributed by atoms with Gasteiger partial charge in [0.15, 0.2) is 0 Å². The molecule has 6 heteroatoms. The summed E-state index contributed by atoms with van der Waals surface area (Å²) in [4.78, 5) is 26.0. The lowest BCUT2D eigenvalue weighted by Crippen LogP contribution is -2.44. The average Bonchev–Trinajstić information content (AvgIpc) is 3.23. The molecule has 3 heterocycles. The summed E-state index contributed by atoms with van der Waals surface area (Å²) >= 11 is 0. The molecule has 0 unspecified atom stereocenters. The van der Waals surface area contributed by atoms with Gasteiger partial charge in [-0.2, -0.15) is 0 Å². The molecule has 29 heavy (non-hydrogen) atoms. The SMILES string of the molecule is CN(CC(=O)N1CCC[C@H](c2nccn2Cc2ccccn2)C1)c1ccccc1. The smallest absolute Gasteiger partial charge is 0.242 e. The first-order valence-corrected chi connectivity index (χ1v) is 10.2. The van der Waals surface area contributed by atoms with E-state index in [1.807, 2.05) is 84.0 Å². The maximum Gasteiger partial charge on any atom is 0.242 e. The molecule has 3 aromatic rings. The van der Waals surface area contributed by atoms with E-state index in [1.54, 1.807) is 0 Å². The molecule has 0 bridgehead atoms. The topological polar surface area (TPSA) is 54.3 Å². The molecule has 6 nitrogen and oxygen atoms in total. The minimum atomic E-state index is 0.170. The standard InChI is InChI=1S/C23H27N5O/c1-26(21-10-3-2-4-11-21)18-22(29)27-14-7-8-19(16-27)23-25-13-15-28(23)17-20-9-5-6-12-24-20/h2-6,9-13,15,19H,7-8,14,16-18H2,1H3/t19-/m0/s1. The van der Waals surface area contributed by atoms with Crippen molar-refractivity contribution in [2.45, 2.75) is 25.3 Å². The van der Waals surface area contributed by atoms with Crippen molar-refractivity contribution >= 4 is 11.6 Å². The second-order valence-corrected chi connectivity index (χ2v) is 7.60. The van der Waals surface area contributed by atoms with Crippen molar-refractivity contribution in [1.29, 1.82) is 0 Å². The Morgan fingerprint density at radius 3 is 2.72 bits per heavy atom. The molecular weight excluding hydrogens is 362 g/mol. The largest absolute Gasteiger partial charge is 0.365 e. The zero-order chi connectivity index (χ0) is 20.1. The molecule has 0 spiro atoms. The van der Waals surface area contributed by atoms with Crippen molar-refractivity contribution in [2.24, 2.45) is 0 Å². The van der Waals surface area contributed by atoms with E-state index in [2.05, 4.69) is 14.5 Å². The summed E-state index contributed by atoms with van der Waals surface area (Å²) in [7, 11) is 1.97. The number of hydrogen-bond acceptors (Lipinski definition) is 4. The summed E-state index contributed by atoms with van der Waals surface area (Å²) in [6.07, 6.45) is 7.73. The summed E-state index contributed by atoms with van der Waals surface area (Å²) < 4.78 is 2.16. The van der Waals surface area contributed by atoms with Crippen LogP contribution in [0.2, 0.25) is 0 Å². The molecule has 150 valence electrons. The number of piperidine rings is 1. The lowest BCUT2D eigenvalue weighted by Gasteiger charge is -2.34. The molecule has 1 aromatic carbocycles. The molecule has 1 fully saturated rings. The summed E-state index contributed by atoms with van der Waals surface area (Å²) in [6, 6.07) is 16.0. The molecule has 1 atom stereocenters. The number of aromatic nitrogens is 3. The van der Waals surface area contributed by atoms with E-state index in [4.69, 9.17) is 0 Å². The van der Waals surface area contributed by atoms with Gasteiger partial charge in [-0.05, 0) is 37.1 Å². The Kier molecular flexibility index (Phi) is 5.89.